The van der Waals surface area contributed by atoms with Crippen molar-refractivity contribution in [3.05, 3.63) is 18.2 Å². The first-order chi connectivity index (χ1) is 19.0. The highest BCUT2D eigenvalue weighted by Crippen LogP contribution is 2.29. The predicted molar refractivity (Wildman–Crippen MR) is 141 cm³/mol. The summed E-state index contributed by atoms with van der Waals surface area (Å²) in [5.41, 5.74) is 0.333. The van der Waals surface area contributed by atoms with E-state index in [4.69, 9.17) is 37.9 Å². The summed E-state index contributed by atoms with van der Waals surface area (Å²) in [5, 5.41) is 18.5. The number of ether oxygens (including phenoxy) is 8. The van der Waals surface area contributed by atoms with Crippen molar-refractivity contribution in [3.8, 4) is 11.5 Å². The van der Waals surface area contributed by atoms with E-state index in [9.17, 15) is 19.8 Å². The zero-order chi connectivity index (χ0) is 28.6. The molecular weight excluding hydrogens is 518 g/mol. The van der Waals surface area contributed by atoms with Crippen molar-refractivity contribution < 1.29 is 57.7 Å². The minimum atomic E-state index is -1.17. The van der Waals surface area contributed by atoms with Crippen molar-refractivity contribution in [1.82, 2.24) is 0 Å². The second kappa shape index (κ2) is 23.2. The van der Waals surface area contributed by atoms with Gasteiger partial charge in [-0.3, -0.25) is 9.59 Å². The van der Waals surface area contributed by atoms with E-state index in [1.165, 1.54) is 4.90 Å². The van der Waals surface area contributed by atoms with Crippen LogP contribution in [-0.2, 0) is 38.0 Å². The summed E-state index contributed by atoms with van der Waals surface area (Å²) in [7, 11) is 0. The van der Waals surface area contributed by atoms with Gasteiger partial charge in [0, 0.05) is 37.1 Å². The monoisotopic (exact) mass is 561 g/mol. The number of nitrogens with zero attached hydrogens (tertiary/aromatic N) is 1. The molecule has 0 aliphatic carbocycles. The maximum absolute atomic E-state index is 11.3. The topological polar surface area (TPSA) is 152 Å². The number of hydrogen-bond donors (Lipinski definition) is 2. The van der Waals surface area contributed by atoms with E-state index in [0.29, 0.717) is 96.5 Å². The molecule has 0 aliphatic rings. The molecule has 0 aromatic heterocycles. The van der Waals surface area contributed by atoms with Crippen LogP contribution in [0.5, 0.6) is 11.5 Å². The van der Waals surface area contributed by atoms with Gasteiger partial charge in [-0.25, -0.2) is 0 Å². The lowest BCUT2D eigenvalue weighted by Gasteiger charge is -2.22. The van der Waals surface area contributed by atoms with E-state index in [-0.39, 0.29) is 13.2 Å². The van der Waals surface area contributed by atoms with Crippen molar-refractivity contribution in [1.29, 1.82) is 0 Å². The molecule has 39 heavy (non-hydrogen) atoms. The highest BCUT2D eigenvalue weighted by molar-refractivity contribution is 5.80. The Hall–Kier alpha value is -2.68. The van der Waals surface area contributed by atoms with Gasteiger partial charge in [-0.2, -0.15) is 0 Å². The van der Waals surface area contributed by atoms with Crippen molar-refractivity contribution in [2.45, 2.75) is 13.8 Å². The predicted octanol–water partition coefficient (Wildman–Crippen LogP) is 1.56. The van der Waals surface area contributed by atoms with E-state index in [2.05, 4.69) is 0 Å². The number of hydrogen-bond acceptors (Lipinski definition) is 11. The van der Waals surface area contributed by atoms with Crippen molar-refractivity contribution in [2.75, 3.05) is 110 Å². The van der Waals surface area contributed by atoms with E-state index in [1.807, 2.05) is 13.8 Å². The molecule has 1 aromatic carbocycles. The second-order valence-corrected chi connectivity index (χ2v) is 7.85. The minimum Gasteiger partial charge on any atom is -0.491 e. The molecule has 13 nitrogen and oxygen atoms in total. The fourth-order valence-electron chi connectivity index (χ4n) is 3.08. The normalized spacial score (nSPS) is 10.9. The van der Waals surface area contributed by atoms with Crippen LogP contribution >= 0.6 is 0 Å². The van der Waals surface area contributed by atoms with Gasteiger partial charge < -0.3 is 53.0 Å². The molecule has 1 aromatic rings. The zero-order valence-corrected chi connectivity index (χ0v) is 23.0. The van der Waals surface area contributed by atoms with E-state index in [1.54, 1.807) is 18.2 Å². The standard InChI is InChI=1S/C26H43NO12/c1-3-32-5-7-34-9-11-36-13-15-38-23-17-22(27(20-25(28)29)21-26(30)31)18-24(19-23)39-16-14-37-12-10-35-8-6-33-4-2/h17-19H,3-16,20-21H2,1-2H3,(H,28,29)(H,30,31). The van der Waals surface area contributed by atoms with Gasteiger partial charge in [-0.1, -0.05) is 0 Å². The van der Waals surface area contributed by atoms with Gasteiger partial charge in [0.15, 0.2) is 0 Å². The maximum atomic E-state index is 11.3. The Labute approximate surface area is 229 Å². The third-order valence-electron chi connectivity index (χ3n) is 4.77. The molecule has 0 aliphatic heterocycles. The molecule has 0 spiro atoms. The highest BCUT2D eigenvalue weighted by Gasteiger charge is 2.17. The molecule has 2 N–H and O–H groups in total. The van der Waals surface area contributed by atoms with Crippen LogP contribution in [0.15, 0.2) is 18.2 Å². The van der Waals surface area contributed by atoms with Crippen molar-refractivity contribution >= 4 is 17.6 Å². The average Bonchev–Trinajstić information content (AvgIpc) is 2.90. The lowest BCUT2D eigenvalue weighted by Crippen LogP contribution is -2.34. The largest absolute Gasteiger partial charge is 0.491 e. The van der Waals surface area contributed by atoms with Gasteiger partial charge in [-0.15, -0.1) is 0 Å². The maximum Gasteiger partial charge on any atom is 0.323 e. The van der Waals surface area contributed by atoms with E-state index >= 15 is 0 Å². The molecule has 0 atom stereocenters. The Morgan fingerprint density at radius 1 is 0.564 bits per heavy atom. The molecule has 0 fully saturated rings. The molecule has 0 radical (unpaired) electrons. The molecule has 0 heterocycles. The molecule has 13 heteroatoms. The third-order valence-corrected chi connectivity index (χ3v) is 4.77. The van der Waals surface area contributed by atoms with Gasteiger partial charge in [0.1, 0.15) is 37.8 Å². The molecule has 224 valence electrons. The number of aliphatic carboxylic acids is 2. The van der Waals surface area contributed by atoms with Gasteiger partial charge >= 0.3 is 11.9 Å². The van der Waals surface area contributed by atoms with Crippen LogP contribution in [0.2, 0.25) is 0 Å². The Morgan fingerprint density at radius 2 is 0.897 bits per heavy atom. The lowest BCUT2D eigenvalue weighted by atomic mass is 10.2. The Morgan fingerprint density at radius 3 is 1.23 bits per heavy atom. The zero-order valence-electron chi connectivity index (χ0n) is 23.0. The molecule has 0 bridgehead atoms. The Balaban J connectivity index is 2.59. The second-order valence-electron chi connectivity index (χ2n) is 7.85. The number of carboxylic acid groups (broad SMARTS) is 2. The van der Waals surface area contributed by atoms with Crippen LogP contribution < -0.4 is 14.4 Å². The molecule has 0 amide bonds. The van der Waals surface area contributed by atoms with Crippen LogP contribution in [0.25, 0.3) is 0 Å². The number of rotatable bonds is 27. The third kappa shape index (κ3) is 19.1. The Bertz CT molecular complexity index is 721. The molecular formula is C26H43NO12. The summed E-state index contributed by atoms with van der Waals surface area (Å²) in [6.45, 7) is 8.87. The van der Waals surface area contributed by atoms with Gasteiger partial charge in [0.05, 0.1) is 66.1 Å². The van der Waals surface area contributed by atoms with Crippen LogP contribution in [-0.4, -0.2) is 128 Å². The summed E-state index contributed by atoms with van der Waals surface area (Å²) in [4.78, 5) is 23.8. The Kier molecular flexibility index (Phi) is 20.5. The fraction of sp³-hybridized carbons (Fsp3) is 0.692. The van der Waals surface area contributed by atoms with Gasteiger partial charge in [0.2, 0.25) is 0 Å². The fourth-order valence-corrected chi connectivity index (χ4v) is 3.08. The lowest BCUT2D eigenvalue weighted by molar-refractivity contribution is -0.136. The molecule has 0 unspecified atom stereocenters. The van der Waals surface area contributed by atoms with Crippen LogP contribution in [0.3, 0.4) is 0 Å². The van der Waals surface area contributed by atoms with Crippen LogP contribution in [0.4, 0.5) is 5.69 Å². The van der Waals surface area contributed by atoms with Gasteiger partial charge in [0.25, 0.3) is 0 Å². The number of anilines is 1. The number of carboxylic acids is 2. The summed E-state index contributed by atoms with van der Waals surface area (Å²) in [5.74, 6) is -1.58. The molecule has 1 rings (SSSR count). The summed E-state index contributed by atoms with van der Waals surface area (Å²) in [6, 6.07) is 4.76. The quantitative estimate of drug-likeness (QED) is 0.150. The van der Waals surface area contributed by atoms with E-state index < -0.39 is 25.0 Å². The molecule has 0 saturated carbocycles. The minimum absolute atomic E-state index is 0.214. The summed E-state index contributed by atoms with van der Waals surface area (Å²) in [6.07, 6.45) is 0. The number of benzene rings is 1. The SMILES string of the molecule is CCOCCOCCOCCOc1cc(OCCOCCOCCOCC)cc(N(CC(=O)O)CC(=O)O)c1. The van der Waals surface area contributed by atoms with Crippen LogP contribution in [0.1, 0.15) is 13.8 Å². The smallest absolute Gasteiger partial charge is 0.323 e. The summed E-state index contributed by atoms with van der Waals surface area (Å²) >= 11 is 0. The summed E-state index contributed by atoms with van der Waals surface area (Å²) < 4.78 is 43.6. The van der Waals surface area contributed by atoms with E-state index in [0.717, 1.165) is 0 Å². The highest BCUT2D eigenvalue weighted by atomic mass is 16.6. The number of carbonyl (C=O) groups is 2. The molecule has 0 saturated heterocycles. The van der Waals surface area contributed by atoms with Crippen molar-refractivity contribution in [3.63, 3.8) is 0 Å². The first kappa shape index (κ1) is 34.3. The van der Waals surface area contributed by atoms with Crippen molar-refractivity contribution in [2.24, 2.45) is 0 Å². The average molecular weight is 562 g/mol. The van der Waals surface area contributed by atoms with Crippen LogP contribution in [0, 0.1) is 0 Å². The van der Waals surface area contributed by atoms with Gasteiger partial charge in [-0.05, 0) is 13.8 Å². The first-order valence-corrected chi connectivity index (χ1v) is 13.0. The first-order valence-electron chi connectivity index (χ1n) is 13.0.